The van der Waals surface area contributed by atoms with Crippen molar-refractivity contribution in [3.63, 3.8) is 0 Å². The normalized spacial score (nSPS) is 13.1. The Hall–Kier alpha value is -0.300. The van der Waals surface area contributed by atoms with E-state index >= 15 is 0 Å². The lowest BCUT2D eigenvalue weighted by Crippen LogP contribution is -2.09. The van der Waals surface area contributed by atoms with Crippen molar-refractivity contribution in [1.29, 1.82) is 0 Å². The molecule has 0 heterocycles. The molecule has 0 nitrogen and oxygen atoms in total. The summed E-state index contributed by atoms with van der Waals surface area (Å²) in [6, 6.07) is 8.92. The average Bonchev–Trinajstić information content (AvgIpc) is 2.19. The van der Waals surface area contributed by atoms with E-state index in [4.69, 9.17) is 0 Å². The zero-order chi connectivity index (χ0) is 11.3. The number of benzene rings is 1. The minimum Gasteiger partial charge on any atom is -0.0925 e. The standard InChI is InChI=1S/C14H21Br/c1-11(2)8-14(10-15)9-13-6-4-12(3)5-7-13/h4-7,11,14H,8-10H2,1-3H3. The van der Waals surface area contributed by atoms with Gasteiger partial charge in [0.05, 0.1) is 0 Å². The number of hydrogen-bond acceptors (Lipinski definition) is 0. The molecule has 84 valence electrons. The highest BCUT2D eigenvalue weighted by Crippen LogP contribution is 2.19. The van der Waals surface area contributed by atoms with Crippen LogP contribution in [0.2, 0.25) is 0 Å². The Labute approximate surface area is 102 Å². The molecule has 0 aliphatic carbocycles. The zero-order valence-electron chi connectivity index (χ0n) is 9.96. The molecule has 0 saturated carbocycles. The minimum atomic E-state index is 0.771. The molecule has 0 N–H and O–H groups in total. The Bertz CT molecular complexity index is 274. The van der Waals surface area contributed by atoms with Crippen LogP contribution < -0.4 is 0 Å². The summed E-state index contributed by atoms with van der Waals surface area (Å²) in [4.78, 5) is 0. The zero-order valence-corrected chi connectivity index (χ0v) is 11.5. The van der Waals surface area contributed by atoms with Crippen molar-refractivity contribution >= 4 is 15.9 Å². The lowest BCUT2D eigenvalue weighted by Gasteiger charge is -2.16. The maximum atomic E-state index is 3.62. The summed E-state index contributed by atoms with van der Waals surface area (Å²) in [5, 5.41) is 1.11. The summed E-state index contributed by atoms with van der Waals surface area (Å²) < 4.78 is 0. The van der Waals surface area contributed by atoms with Gasteiger partial charge in [0.25, 0.3) is 0 Å². The molecule has 0 radical (unpaired) electrons. The summed E-state index contributed by atoms with van der Waals surface area (Å²) in [6.07, 6.45) is 2.50. The van der Waals surface area contributed by atoms with E-state index in [0.29, 0.717) is 0 Å². The molecule has 0 amide bonds. The van der Waals surface area contributed by atoms with Gasteiger partial charge in [-0.25, -0.2) is 0 Å². The van der Waals surface area contributed by atoms with E-state index in [0.717, 1.165) is 17.2 Å². The number of hydrogen-bond donors (Lipinski definition) is 0. The maximum absolute atomic E-state index is 3.62. The van der Waals surface area contributed by atoms with Crippen molar-refractivity contribution in [2.75, 3.05) is 5.33 Å². The van der Waals surface area contributed by atoms with Gasteiger partial charge in [0.2, 0.25) is 0 Å². The number of aryl methyl sites for hydroxylation is 1. The first kappa shape index (κ1) is 12.8. The van der Waals surface area contributed by atoms with Crippen LogP contribution in [0.4, 0.5) is 0 Å². The van der Waals surface area contributed by atoms with Crippen molar-refractivity contribution in [2.45, 2.75) is 33.6 Å². The predicted octanol–water partition coefficient (Wildman–Crippen LogP) is 4.59. The van der Waals surface area contributed by atoms with Crippen molar-refractivity contribution < 1.29 is 0 Å². The van der Waals surface area contributed by atoms with Crippen LogP contribution in [-0.4, -0.2) is 5.33 Å². The number of rotatable bonds is 5. The molecular weight excluding hydrogens is 248 g/mol. The molecule has 0 bridgehead atoms. The summed E-state index contributed by atoms with van der Waals surface area (Å²) in [5.41, 5.74) is 2.81. The van der Waals surface area contributed by atoms with E-state index in [-0.39, 0.29) is 0 Å². The van der Waals surface area contributed by atoms with Crippen LogP contribution in [0, 0.1) is 18.8 Å². The quantitative estimate of drug-likeness (QED) is 0.685. The molecule has 1 heteroatoms. The molecule has 1 unspecified atom stereocenters. The van der Waals surface area contributed by atoms with Gasteiger partial charge in [0, 0.05) is 5.33 Å². The predicted molar refractivity (Wildman–Crippen MR) is 71.6 cm³/mol. The van der Waals surface area contributed by atoms with E-state index < -0.39 is 0 Å². The van der Waals surface area contributed by atoms with Gasteiger partial charge >= 0.3 is 0 Å². The monoisotopic (exact) mass is 268 g/mol. The van der Waals surface area contributed by atoms with Crippen molar-refractivity contribution in [1.82, 2.24) is 0 Å². The topological polar surface area (TPSA) is 0 Å². The molecule has 0 aliphatic rings. The lowest BCUT2D eigenvalue weighted by atomic mass is 9.92. The van der Waals surface area contributed by atoms with Gasteiger partial charge in [0.1, 0.15) is 0 Å². The van der Waals surface area contributed by atoms with Gasteiger partial charge in [-0.3, -0.25) is 0 Å². The van der Waals surface area contributed by atoms with Crippen molar-refractivity contribution in [3.8, 4) is 0 Å². The highest BCUT2D eigenvalue weighted by molar-refractivity contribution is 9.09. The van der Waals surface area contributed by atoms with Gasteiger partial charge in [-0.15, -0.1) is 0 Å². The molecule has 0 fully saturated rings. The Morgan fingerprint density at radius 2 is 1.73 bits per heavy atom. The van der Waals surface area contributed by atoms with E-state index in [2.05, 4.69) is 61.0 Å². The minimum absolute atomic E-state index is 0.771. The Kier molecular flexibility index (Phi) is 5.38. The van der Waals surface area contributed by atoms with Crippen molar-refractivity contribution in [3.05, 3.63) is 35.4 Å². The van der Waals surface area contributed by atoms with Gasteiger partial charge in [0.15, 0.2) is 0 Å². The highest BCUT2D eigenvalue weighted by Gasteiger charge is 2.10. The lowest BCUT2D eigenvalue weighted by molar-refractivity contribution is 0.445. The molecule has 15 heavy (non-hydrogen) atoms. The summed E-state index contributed by atoms with van der Waals surface area (Å²) in [5.74, 6) is 1.56. The number of halogens is 1. The average molecular weight is 269 g/mol. The molecular formula is C14H21Br. The fourth-order valence-electron chi connectivity index (χ4n) is 1.93. The molecule has 0 spiro atoms. The fraction of sp³-hybridized carbons (Fsp3) is 0.571. The van der Waals surface area contributed by atoms with Crippen LogP contribution in [-0.2, 0) is 6.42 Å². The third-order valence-corrected chi connectivity index (χ3v) is 3.58. The summed E-state index contributed by atoms with van der Waals surface area (Å²) >= 11 is 3.62. The van der Waals surface area contributed by atoms with Crippen LogP contribution in [0.3, 0.4) is 0 Å². The molecule has 1 rings (SSSR count). The van der Waals surface area contributed by atoms with Gasteiger partial charge in [-0.2, -0.15) is 0 Å². The molecule has 0 aliphatic heterocycles. The van der Waals surface area contributed by atoms with Crippen LogP contribution in [0.15, 0.2) is 24.3 Å². The van der Waals surface area contributed by atoms with Crippen LogP contribution in [0.5, 0.6) is 0 Å². The van der Waals surface area contributed by atoms with Gasteiger partial charge in [-0.1, -0.05) is 59.6 Å². The maximum Gasteiger partial charge on any atom is 0.00629 e. The van der Waals surface area contributed by atoms with Crippen LogP contribution in [0.25, 0.3) is 0 Å². The third kappa shape index (κ3) is 4.83. The third-order valence-electron chi connectivity index (χ3n) is 2.67. The van der Waals surface area contributed by atoms with E-state index in [9.17, 15) is 0 Å². The van der Waals surface area contributed by atoms with Gasteiger partial charge in [-0.05, 0) is 37.2 Å². The van der Waals surface area contributed by atoms with Crippen LogP contribution in [0.1, 0.15) is 31.4 Å². The van der Waals surface area contributed by atoms with E-state index in [1.165, 1.54) is 24.0 Å². The number of alkyl halides is 1. The second-order valence-electron chi connectivity index (χ2n) is 4.84. The van der Waals surface area contributed by atoms with Crippen LogP contribution >= 0.6 is 15.9 Å². The first-order valence-electron chi connectivity index (χ1n) is 5.73. The Balaban J connectivity index is 2.54. The second-order valence-corrected chi connectivity index (χ2v) is 5.49. The SMILES string of the molecule is Cc1ccc(CC(CBr)CC(C)C)cc1. The highest BCUT2D eigenvalue weighted by atomic mass is 79.9. The smallest absolute Gasteiger partial charge is 0.00629 e. The van der Waals surface area contributed by atoms with Gasteiger partial charge < -0.3 is 0 Å². The fourth-order valence-corrected chi connectivity index (χ4v) is 2.42. The summed E-state index contributed by atoms with van der Waals surface area (Å²) in [6.45, 7) is 6.73. The summed E-state index contributed by atoms with van der Waals surface area (Å²) in [7, 11) is 0. The Morgan fingerprint density at radius 3 is 2.20 bits per heavy atom. The van der Waals surface area contributed by atoms with E-state index in [1.807, 2.05) is 0 Å². The second kappa shape index (κ2) is 6.32. The first-order chi connectivity index (χ1) is 7.11. The molecule has 0 aromatic heterocycles. The molecule has 0 saturated heterocycles. The Morgan fingerprint density at radius 1 is 1.13 bits per heavy atom. The molecule has 1 atom stereocenters. The van der Waals surface area contributed by atoms with E-state index in [1.54, 1.807) is 0 Å². The molecule has 1 aromatic rings. The molecule has 1 aromatic carbocycles. The largest absolute Gasteiger partial charge is 0.0925 e. The first-order valence-corrected chi connectivity index (χ1v) is 6.85. The van der Waals surface area contributed by atoms with Crippen molar-refractivity contribution in [2.24, 2.45) is 11.8 Å².